The Morgan fingerprint density at radius 2 is 1.14 bits per heavy atom. The number of hydrogen-bond acceptors (Lipinski definition) is 6. The molecule has 0 atom stereocenters. The molecular formula is C38H26F4N7Ru. The second-order valence-corrected chi connectivity index (χ2v) is 9.84. The minimum Gasteiger partial charge on any atom is -0.664 e. The van der Waals surface area contributed by atoms with E-state index in [1.807, 2.05) is 72.8 Å². The van der Waals surface area contributed by atoms with Gasteiger partial charge in [0.25, 0.3) is 0 Å². The summed E-state index contributed by atoms with van der Waals surface area (Å²) < 4.78 is 57.8. The van der Waals surface area contributed by atoms with E-state index < -0.39 is 34.5 Å². The van der Waals surface area contributed by atoms with Crippen molar-refractivity contribution in [2.24, 2.45) is 4.99 Å². The number of aromatic nitrogens is 5. The fourth-order valence-corrected chi connectivity index (χ4v) is 4.49. The molecule has 1 aliphatic heterocycles. The minimum absolute atomic E-state index is 0. The molecule has 6 heterocycles. The minimum atomic E-state index is -1.57. The average molecular weight is 758 g/mol. The van der Waals surface area contributed by atoms with Crippen molar-refractivity contribution in [1.82, 2.24) is 24.9 Å². The normalized spacial score (nSPS) is 12.0. The molecule has 0 aliphatic carbocycles. The fourth-order valence-electron chi connectivity index (χ4n) is 4.49. The zero-order chi connectivity index (χ0) is 34.4. The van der Waals surface area contributed by atoms with Crippen LogP contribution in [0.1, 0.15) is 11.3 Å². The number of anilines is 1. The van der Waals surface area contributed by atoms with Crippen LogP contribution in [-0.2, 0) is 19.5 Å². The predicted octanol–water partition coefficient (Wildman–Crippen LogP) is 7.93. The molecule has 249 valence electrons. The second kappa shape index (κ2) is 18.5. The van der Waals surface area contributed by atoms with E-state index in [1.165, 1.54) is 36.7 Å². The van der Waals surface area contributed by atoms with Gasteiger partial charge in [-0.05, 0) is 66.3 Å². The number of benzene rings is 1. The zero-order valence-corrected chi connectivity index (χ0v) is 27.8. The van der Waals surface area contributed by atoms with E-state index >= 15 is 0 Å². The second-order valence-electron chi connectivity index (χ2n) is 9.84. The van der Waals surface area contributed by atoms with Crippen LogP contribution < -0.4 is 10.3 Å². The van der Waals surface area contributed by atoms with Gasteiger partial charge in [0, 0.05) is 31.0 Å². The van der Waals surface area contributed by atoms with E-state index in [0.29, 0.717) is 0 Å². The summed E-state index contributed by atoms with van der Waals surface area (Å²) in [5.41, 5.74) is 1.96. The van der Waals surface area contributed by atoms with Crippen LogP contribution in [0.15, 0.2) is 139 Å². The number of nitrogens with one attached hydrogen (secondary N) is 1. The van der Waals surface area contributed by atoms with Crippen LogP contribution in [0.5, 0.6) is 0 Å². The monoisotopic (exact) mass is 758 g/mol. The zero-order valence-electron chi connectivity index (χ0n) is 26.0. The predicted molar refractivity (Wildman–Crippen MR) is 182 cm³/mol. The van der Waals surface area contributed by atoms with Gasteiger partial charge in [-0.15, -0.1) is 12.1 Å². The van der Waals surface area contributed by atoms with Crippen LogP contribution >= 0.6 is 0 Å². The molecule has 1 N–H and O–H groups in total. The maximum absolute atomic E-state index is 14.6. The van der Waals surface area contributed by atoms with Gasteiger partial charge in [-0.2, -0.15) is 6.20 Å². The number of aliphatic imine (C=N–C) groups is 1. The number of hydrogen-bond donors (Lipinski definition) is 1. The van der Waals surface area contributed by atoms with E-state index in [9.17, 15) is 17.6 Å². The third kappa shape index (κ3) is 9.10. The molecule has 0 bridgehead atoms. The van der Waals surface area contributed by atoms with Crippen LogP contribution in [0.2, 0.25) is 0 Å². The van der Waals surface area contributed by atoms with Gasteiger partial charge in [0.15, 0.2) is 23.3 Å². The maximum atomic E-state index is 14.6. The first-order valence-corrected chi connectivity index (χ1v) is 14.7. The van der Waals surface area contributed by atoms with E-state index in [1.54, 1.807) is 24.8 Å². The Morgan fingerprint density at radius 3 is 1.48 bits per heavy atom. The van der Waals surface area contributed by atoms with Crippen LogP contribution in [0.25, 0.3) is 28.3 Å². The Labute approximate surface area is 298 Å². The quantitative estimate of drug-likeness (QED) is 0.0804. The van der Waals surface area contributed by atoms with Crippen molar-refractivity contribution in [3.8, 4) is 35.1 Å². The van der Waals surface area contributed by atoms with Crippen molar-refractivity contribution in [2.75, 3.05) is 11.9 Å². The first kappa shape index (κ1) is 36.8. The molecule has 1 radical (unpaired) electrons. The summed E-state index contributed by atoms with van der Waals surface area (Å²) in [6, 6.07) is 26.2. The van der Waals surface area contributed by atoms with Crippen molar-refractivity contribution < 1.29 is 37.0 Å². The average Bonchev–Trinajstić information content (AvgIpc) is 3.91. The standard InChI is InChI=1S/C18H10F4N3.2C10H8N2.Ru/c1-2-7-25-18-16(21)14(19)13(15(20)17(18)22)12(10-5-3-8-23-10)11-6-4-9-24-11;2*1-3-7-11-9(5-1)10-6-2-4-8-12-10;/h1,3-6,8-9,25H,7H2;2*1-8H;/q-1;;;+1/b12-10+;;;. The van der Waals surface area contributed by atoms with Crippen molar-refractivity contribution in [3.63, 3.8) is 0 Å². The van der Waals surface area contributed by atoms with Crippen LogP contribution in [-0.4, -0.2) is 32.7 Å². The Balaban J connectivity index is 0.000000187. The molecule has 7 rings (SSSR count). The summed E-state index contributed by atoms with van der Waals surface area (Å²) in [6.07, 6.45) is 17.8. The molecule has 0 spiro atoms. The van der Waals surface area contributed by atoms with E-state index in [4.69, 9.17) is 6.42 Å². The van der Waals surface area contributed by atoms with E-state index in [-0.39, 0.29) is 43.0 Å². The van der Waals surface area contributed by atoms with Gasteiger partial charge in [0.05, 0.1) is 40.6 Å². The van der Waals surface area contributed by atoms with Gasteiger partial charge in [0.2, 0.25) is 0 Å². The van der Waals surface area contributed by atoms with Crippen molar-refractivity contribution in [1.29, 1.82) is 0 Å². The Hall–Kier alpha value is -6.05. The van der Waals surface area contributed by atoms with Gasteiger partial charge in [-0.3, -0.25) is 24.9 Å². The summed E-state index contributed by atoms with van der Waals surface area (Å²) in [7, 11) is 0. The van der Waals surface area contributed by atoms with Gasteiger partial charge < -0.3 is 10.3 Å². The first-order chi connectivity index (χ1) is 24.0. The Kier molecular flexibility index (Phi) is 13.6. The number of pyridine rings is 4. The summed E-state index contributed by atoms with van der Waals surface area (Å²) in [5.74, 6) is -4.17. The van der Waals surface area contributed by atoms with E-state index in [0.717, 1.165) is 22.8 Å². The topological polar surface area (TPSA) is 90.1 Å². The van der Waals surface area contributed by atoms with Gasteiger partial charge in [0.1, 0.15) is 5.69 Å². The summed E-state index contributed by atoms with van der Waals surface area (Å²) in [6.45, 7) is -0.294. The summed E-state index contributed by atoms with van der Waals surface area (Å²) in [5, 5.41) is 2.14. The number of allylic oxidation sites excluding steroid dienone is 2. The number of rotatable bonds is 6. The van der Waals surface area contributed by atoms with Crippen LogP contribution in [0.4, 0.5) is 23.2 Å². The van der Waals surface area contributed by atoms with Gasteiger partial charge in [-0.1, -0.05) is 42.3 Å². The third-order valence-electron chi connectivity index (χ3n) is 6.68. The molecule has 50 heavy (non-hydrogen) atoms. The molecular weight excluding hydrogens is 732 g/mol. The van der Waals surface area contributed by atoms with Crippen molar-refractivity contribution in [3.05, 3.63) is 168 Å². The molecule has 1 aliphatic rings. The SMILES string of the molecule is C#CCNc1c(F)c(F)c(/C(=C2\C=CC=N2)c2ccc[n-]2)c(F)c1F.[Ru+].c1ccc(-c2ccccn2)nc1.c1ccc(-c2ccccn2)nc1. The Bertz CT molecular complexity index is 1910. The van der Waals surface area contributed by atoms with Gasteiger partial charge >= 0.3 is 19.5 Å². The summed E-state index contributed by atoms with van der Waals surface area (Å²) in [4.78, 5) is 24.7. The number of halogens is 4. The largest absolute Gasteiger partial charge is 1.00 e. The molecule has 0 saturated heterocycles. The molecule has 12 heteroatoms. The Morgan fingerprint density at radius 1 is 0.660 bits per heavy atom. The maximum Gasteiger partial charge on any atom is 1.00 e. The molecule has 5 aromatic heterocycles. The van der Waals surface area contributed by atoms with Crippen LogP contribution in [0.3, 0.4) is 0 Å². The molecule has 0 fully saturated rings. The summed E-state index contributed by atoms with van der Waals surface area (Å²) >= 11 is 0. The third-order valence-corrected chi connectivity index (χ3v) is 6.68. The molecule has 0 amide bonds. The molecule has 7 nitrogen and oxygen atoms in total. The number of terminal acetylenes is 1. The first-order valence-electron chi connectivity index (χ1n) is 14.7. The molecule has 1 aromatic carbocycles. The van der Waals surface area contributed by atoms with Crippen molar-refractivity contribution >= 4 is 17.5 Å². The molecule has 0 unspecified atom stereocenters. The van der Waals surface area contributed by atoms with E-state index in [2.05, 4.69) is 41.1 Å². The van der Waals surface area contributed by atoms with Gasteiger partial charge in [-0.25, -0.2) is 17.6 Å². The number of nitrogens with zero attached hydrogens (tertiary/aromatic N) is 6. The van der Waals surface area contributed by atoms with Crippen LogP contribution in [0, 0.1) is 35.6 Å². The fraction of sp³-hybridized carbons (Fsp3) is 0.0263. The molecule has 0 saturated carbocycles. The smallest absolute Gasteiger partial charge is 0.664 e. The van der Waals surface area contributed by atoms with Crippen molar-refractivity contribution in [2.45, 2.75) is 0 Å². The molecule has 6 aromatic rings.